The Hall–Kier alpha value is -2.91. The molecule has 158 valence electrons. The molecule has 0 saturated carbocycles. The highest BCUT2D eigenvalue weighted by Gasteiger charge is 2.35. The standard InChI is InChI=1S/C20H18ClFN2O5S/c1-11-3-5-12(6-4-11)18-17(19(25)29-2)16(23-20(26)24-18)10-30(27,28)13-7-8-15(22)14(21)9-13/h3-9,18H,10H2,1-2H3,(H2,23,24,26)/t18-/m1/s1. The van der Waals surface area contributed by atoms with Crippen molar-refractivity contribution in [2.45, 2.75) is 17.9 Å². The van der Waals surface area contributed by atoms with Gasteiger partial charge in [-0.3, -0.25) is 0 Å². The molecule has 1 atom stereocenters. The van der Waals surface area contributed by atoms with Crippen molar-refractivity contribution in [2.75, 3.05) is 12.9 Å². The number of benzene rings is 2. The summed E-state index contributed by atoms with van der Waals surface area (Å²) in [6, 6.07) is 8.44. The maximum atomic E-state index is 13.4. The van der Waals surface area contributed by atoms with E-state index in [4.69, 9.17) is 16.3 Å². The van der Waals surface area contributed by atoms with Crippen LogP contribution in [-0.2, 0) is 19.4 Å². The van der Waals surface area contributed by atoms with E-state index in [2.05, 4.69) is 10.6 Å². The molecule has 1 heterocycles. The number of halogens is 2. The van der Waals surface area contributed by atoms with Crippen LogP contribution in [-0.4, -0.2) is 33.3 Å². The number of rotatable bonds is 5. The molecular weight excluding hydrogens is 435 g/mol. The topological polar surface area (TPSA) is 102 Å². The first-order chi connectivity index (χ1) is 14.1. The van der Waals surface area contributed by atoms with Crippen LogP contribution >= 0.6 is 11.6 Å². The second-order valence-corrected chi connectivity index (χ2v) is 9.06. The monoisotopic (exact) mass is 452 g/mol. The third kappa shape index (κ3) is 4.47. The molecule has 0 radical (unpaired) electrons. The molecular formula is C20H18ClFN2O5S. The molecule has 2 aromatic carbocycles. The van der Waals surface area contributed by atoms with Crippen LogP contribution in [0.15, 0.2) is 58.6 Å². The van der Waals surface area contributed by atoms with Crippen molar-refractivity contribution < 1.29 is 27.1 Å². The molecule has 0 spiro atoms. The highest BCUT2D eigenvalue weighted by molar-refractivity contribution is 7.91. The third-order valence-corrected chi connectivity index (χ3v) is 6.48. The fraction of sp³-hybridized carbons (Fsp3) is 0.200. The van der Waals surface area contributed by atoms with Crippen molar-refractivity contribution in [1.29, 1.82) is 0 Å². The molecule has 2 N–H and O–H groups in total. The van der Waals surface area contributed by atoms with Crippen LogP contribution < -0.4 is 10.6 Å². The lowest BCUT2D eigenvalue weighted by Crippen LogP contribution is -2.47. The normalized spacial score (nSPS) is 16.7. The van der Waals surface area contributed by atoms with Crippen molar-refractivity contribution in [1.82, 2.24) is 10.6 Å². The molecule has 2 amide bonds. The van der Waals surface area contributed by atoms with Gasteiger partial charge in [0.05, 0.1) is 34.4 Å². The van der Waals surface area contributed by atoms with E-state index in [-0.39, 0.29) is 21.2 Å². The Morgan fingerprint density at radius 2 is 1.87 bits per heavy atom. The summed E-state index contributed by atoms with van der Waals surface area (Å²) in [6.07, 6.45) is 0. The Morgan fingerprint density at radius 3 is 2.47 bits per heavy atom. The van der Waals surface area contributed by atoms with Crippen LogP contribution in [0.3, 0.4) is 0 Å². The Balaban J connectivity index is 2.09. The van der Waals surface area contributed by atoms with Gasteiger partial charge in [0.1, 0.15) is 5.82 Å². The van der Waals surface area contributed by atoms with Crippen LogP contribution in [0.4, 0.5) is 9.18 Å². The number of esters is 1. The Bertz CT molecular complexity index is 1150. The number of ether oxygens (including phenoxy) is 1. The van der Waals surface area contributed by atoms with Crippen LogP contribution in [0.5, 0.6) is 0 Å². The number of hydrogen-bond acceptors (Lipinski definition) is 5. The average Bonchev–Trinajstić information content (AvgIpc) is 2.69. The number of amides is 2. The van der Waals surface area contributed by atoms with Crippen LogP contribution in [0.1, 0.15) is 17.2 Å². The number of sulfone groups is 1. The van der Waals surface area contributed by atoms with Gasteiger partial charge in [-0.25, -0.2) is 22.4 Å². The molecule has 0 aromatic heterocycles. The summed E-state index contributed by atoms with van der Waals surface area (Å²) in [5.74, 6) is -2.27. The van der Waals surface area contributed by atoms with E-state index in [0.717, 1.165) is 30.9 Å². The number of aryl methyl sites for hydroxylation is 1. The highest BCUT2D eigenvalue weighted by atomic mass is 35.5. The highest BCUT2D eigenvalue weighted by Crippen LogP contribution is 2.30. The number of carbonyl (C=O) groups is 2. The van der Waals surface area contributed by atoms with Gasteiger partial charge >= 0.3 is 12.0 Å². The van der Waals surface area contributed by atoms with Gasteiger partial charge in [0, 0.05) is 5.70 Å². The van der Waals surface area contributed by atoms with Crippen molar-refractivity contribution >= 4 is 33.4 Å². The number of urea groups is 1. The Kier molecular flexibility index (Phi) is 6.14. The minimum absolute atomic E-state index is 0.0438. The Labute approximate surface area is 177 Å². The molecule has 2 aromatic rings. The molecule has 30 heavy (non-hydrogen) atoms. The molecule has 1 aliphatic rings. The number of hydrogen-bond donors (Lipinski definition) is 2. The van der Waals surface area contributed by atoms with E-state index in [9.17, 15) is 22.4 Å². The minimum atomic E-state index is -4.07. The lowest BCUT2D eigenvalue weighted by Gasteiger charge is -2.29. The lowest BCUT2D eigenvalue weighted by atomic mass is 9.95. The van der Waals surface area contributed by atoms with Gasteiger partial charge in [-0.2, -0.15) is 0 Å². The first kappa shape index (κ1) is 21.8. The molecule has 0 aliphatic carbocycles. The minimum Gasteiger partial charge on any atom is -0.466 e. The maximum absolute atomic E-state index is 13.4. The van der Waals surface area contributed by atoms with Gasteiger partial charge in [-0.05, 0) is 30.7 Å². The van der Waals surface area contributed by atoms with Crippen LogP contribution in [0.25, 0.3) is 0 Å². The molecule has 10 heteroatoms. The zero-order valence-corrected chi connectivity index (χ0v) is 17.6. The van der Waals surface area contributed by atoms with E-state index < -0.39 is 39.4 Å². The molecule has 0 bridgehead atoms. The zero-order chi connectivity index (χ0) is 22.1. The zero-order valence-electron chi connectivity index (χ0n) is 16.0. The summed E-state index contributed by atoms with van der Waals surface area (Å²) in [5, 5.41) is 4.65. The van der Waals surface area contributed by atoms with E-state index >= 15 is 0 Å². The van der Waals surface area contributed by atoms with Gasteiger partial charge in [0.2, 0.25) is 0 Å². The molecule has 0 saturated heterocycles. The van der Waals surface area contributed by atoms with Gasteiger partial charge in [0.15, 0.2) is 9.84 Å². The van der Waals surface area contributed by atoms with E-state index in [0.29, 0.717) is 5.56 Å². The first-order valence-corrected chi connectivity index (χ1v) is 10.8. The maximum Gasteiger partial charge on any atom is 0.338 e. The van der Waals surface area contributed by atoms with E-state index in [1.165, 1.54) is 0 Å². The lowest BCUT2D eigenvalue weighted by molar-refractivity contribution is -0.136. The van der Waals surface area contributed by atoms with Gasteiger partial charge in [0.25, 0.3) is 0 Å². The van der Waals surface area contributed by atoms with Crippen LogP contribution in [0.2, 0.25) is 5.02 Å². The summed E-state index contributed by atoms with van der Waals surface area (Å²) in [6.45, 7) is 1.88. The summed E-state index contributed by atoms with van der Waals surface area (Å²) >= 11 is 5.70. The number of methoxy groups -OCH3 is 1. The fourth-order valence-electron chi connectivity index (χ4n) is 3.04. The molecule has 7 nitrogen and oxygen atoms in total. The summed E-state index contributed by atoms with van der Waals surface area (Å²) < 4.78 is 44.0. The summed E-state index contributed by atoms with van der Waals surface area (Å²) in [5.41, 5.74) is 1.38. The fourth-order valence-corrected chi connectivity index (χ4v) is 4.63. The van der Waals surface area contributed by atoms with Gasteiger partial charge < -0.3 is 15.4 Å². The van der Waals surface area contributed by atoms with Crippen molar-refractivity contribution in [2.24, 2.45) is 0 Å². The van der Waals surface area contributed by atoms with Crippen molar-refractivity contribution in [3.8, 4) is 0 Å². The van der Waals surface area contributed by atoms with Crippen LogP contribution in [0, 0.1) is 12.7 Å². The quantitative estimate of drug-likeness (QED) is 0.536. The average molecular weight is 453 g/mol. The smallest absolute Gasteiger partial charge is 0.338 e. The number of carbonyl (C=O) groups excluding carboxylic acids is 2. The van der Waals surface area contributed by atoms with Gasteiger partial charge in [-0.15, -0.1) is 0 Å². The second-order valence-electron chi connectivity index (χ2n) is 6.66. The van der Waals surface area contributed by atoms with Crippen molar-refractivity contribution in [3.63, 3.8) is 0 Å². The molecule has 3 rings (SSSR count). The Morgan fingerprint density at radius 1 is 1.20 bits per heavy atom. The predicted molar refractivity (Wildman–Crippen MR) is 108 cm³/mol. The molecule has 0 fully saturated rings. The van der Waals surface area contributed by atoms with E-state index in [1.807, 2.05) is 6.92 Å². The predicted octanol–water partition coefficient (Wildman–Crippen LogP) is 3.04. The summed E-state index contributed by atoms with van der Waals surface area (Å²) in [4.78, 5) is 24.5. The molecule has 1 aliphatic heterocycles. The number of nitrogens with one attached hydrogen (secondary N) is 2. The largest absolute Gasteiger partial charge is 0.466 e. The summed E-state index contributed by atoms with van der Waals surface area (Å²) in [7, 11) is -2.91. The second kappa shape index (κ2) is 8.45. The third-order valence-electron chi connectivity index (χ3n) is 4.55. The van der Waals surface area contributed by atoms with E-state index in [1.54, 1.807) is 24.3 Å². The SMILES string of the molecule is COC(=O)C1=C(CS(=O)(=O)c2ccc(F)c(Cl)c2)NC(=O)N[C@@H]1c1ccc(C)cc1. The van der Waals surface area contributed by atoms with Gasteiger partial charge in [-0.1, -0.05) is 41.4 Å². The first-order valence-electron chi connectivity index (χ1n) is 8.75. The van der Waals surface area contributed by atoms with Crippen molar-refractivity contribution in [3.05, 3.63) is 75.7 Å². The molecule has 0 unspecified atom stereocenters.